The molecule has 1 rings (SSSR count). The molecule has 4 heteroatoms. The van der Waals surface area contributed by atoms with E-state index >= 15 is 0 Å². The van der Waals surface area contributed by atoms with E-state index < -0.39 is 5.82 Å². The van der Waals surface area contributed by atoms with E-state index in [9.17, 15) is 4.39 Å². The van der Waals surface area contributed by atoms with Gasteiger partial charge in [0, 0.05) is 18.3 Å². The Morgan fingerprint density at radius 3 is 2.78 bits per heavy atom. The zero-order chi connectivity index (χ0) is 13.5. The van der Waals surface area contributed by atoms with Gasteiger partial charge in [0.25, 0.3) is 0 Å². The Kier molecular flexibility index (Phi) is 6.17. The lowest BCUT2D eigenvalue weighted by Gasteiger charge is -2.26. The van der Waals surface area contributed by atoms with Gasteiger partial charge in [-0.15, -0.1) is 0 Å². The molecule has 0 saturated carbocycles. The molecule has 2 nitrogen and oxygen atoms in total. The third kappa shape index (κ3) is 4.01. The molecule has 1 unspecified atom stereocenters. The van der Waals surface area contributed by atoms with Crippen LogP contribution in [0.5, 0.6) is 0 Å². The van der Waals surface area contributed by atoms with Gasteiger partial charge >= 0.3 is 0 Å². The van der Waals surface area contributed by atoms with E-state index in [1.54, 1.807) is 12.1 Å². The van der Waals surface area contributed by atoms with Crippen molar-refractivity contribution in [1.82, 2.24) is 4.90 Å². The molecular formula is C14H19FN2S. The monoisotopic (exact) mass is 266 g/mol. The Morgan fingerprint density at radius 1 is 1.50 bits per heavy atom. The molecule has 0 fully saturated rings. The summed E-state index contributed by atoms with van der Waals surface area (Å²) >= 11 is 1.83. The summed E-state index contributed by atoms with van der Waals surface area (Å²) in [7, 11) is 2.07. The Labute approximate surface area is 113 Å². The van der Waals surface area contributed by atoms with Gasteiger partial charge in [-0.25, -0.2) is 4.39 Å². The van der Waals surface area contributed by atoms with Gasteiger partial charge < -0.3 is 0 Å². The Balaban J connectivity index is 2.75. The second kappa shape index (κ2) is 7.40. The smallest absolute Gasteiger partial charge is 0.140 e. The van der Waals surface area contributed by atoms with Gasteiger partial charge in [0.1, 0.15) is 11.9 Å². The van der Waals surface area contributed by atoms with Crippen LogP contribution in [0, 0.1) is 17.1 Å². The maximum Gasteiger partial charge on any atom is 0.140 e. The summed E-state index contributed by atoms with van der Waals surface area (Å²) in [5.41, 5.74) is 1.11. The normalized spacial score (nSPS) is 12.4. The number of benzene rings is 1. The molecule has 1 aromatic rings. The molecule has 0 saturated heterocycles. The second-order valence-corrected chi connectivity index (χ2v) is 5.27. The summed E-state index contributed by atoms with van der Waals surface area (Å²) in [6.07, 6.45) is 3.19. The van der Waals surface area contributed by atoms with Gasteiger partial charge in [-0.1, -0.05) is 13.0 Å². The summed E-state index contributed by atoms with van der Waals surface area (Å²) < 4.78 is 13.2. The summed E-state index contributed by atoms with van der Waals surface area (Å²) in [6.45, 7) is 2.91. The number of halogens is 1. The van der Waals surface area contributed by atoms with Gasteiger partial charge in [-0.3, -0.25) is 4.90 Å². The molecule has 1 atom stereocenters. The lowest BCUT2D eigenvalue weighted by atomic mass is 10.1. The van der Waals surface area contributed by atoms with E-state index in [0.717, 1.165) is 24.3 Å². The van der Waals surface area contributed by atoms with Gasteiger partial charge in [-0.2, -0.15) is 17.0 Å². The van der Waals surface area contributed by atoms with Crippen molar-refractivity contribution in [3.05, 3.63) is 35.1 Å². The van der Waals surface area contributed by atoms with Crippen LogP contribution >= 0.6 is 11.8 Å². The van der Waals surface area contributed by atoms with Crippen LogP contribution in [0.4, 0.5) is 4.39 Å². The molecule has 0 aromatic heterocycles. The van der Waals surface area contributed by atoms with Crippen molar-refractivity contribution in [2.24, 2.45) is 0 Å². The van der Waals surface area contributed by atoms with Crippen LogP contribution in [0.3, 0.4) is 0 Å². The van der Waals surface area contributed by atoms with Gasteiger partial charge in [0.15, 0.2) is 0 Å². The van der Waals surface area contributed by atoms with Gasteiger partial charge in [0.2, 0.25) is 0 Å². The molecule has 0 spiro atoms. The fourth-order valence-electron chi connectivity index (χ4n) is 1.92. The number of nitriles is 1. The lowest BCUT2D eigenvalue weighted by Crippen LogP contribution is -2.32. The molecular weight excluding hydrogens is 247 g/mol. The van der Waals surface area contributed by atoms with Crippen LogP contribution in [0.25, 0.3) is 0 Å². The molecule has 0 N–H and O–H groups in total. The van der Waals surface area contributed by atoms with Crippen LogP contribution < -0.4 is 0 Å². The Morgan fingerprint density at radius 2 is 2.22 bits per heavy atom. The van der Waals surface area contributed by atoms with Crippen molar-refractivity contribution < 1.29 is 4.39 Å². The lowest BCUT2D eigenvalue weighted by molar-refractivity contribution is 0.248. The van der Waals surface area contributed by atoms with Crippen LogP contribution in [-0.2, 0) is 6.54 Å². The third-order valence-corrected chi connectivity index (χ3v) is 3.75. The molecule has 0 aliphatic heterocycles. The highest BCUT2D eigenvalue weighted by molar-refractivity contribution is 7.98. The van der Waals surface area contributed by atoms with Crippen molar-refractivity contribution >= 4 is 11.8 Å². The molecule has 0 bridgehead atoms. The SMILES string of the molecule is CCC(CSC)N(C)Cc1ccc(F)c(C#N)c1. The number of hydrogen-bond donors (Lipinski definition) is 0. The number of rotatable bonds is 6. The minimum absolute atomic E-state index is 0.124. The van der Waals surface area contributed by atoms with Crippen LogP contribution in [0.1, 0.15) is 24.5 Å². The second-order valence-electron chi connectivity index (χ2n) is 4.36. The predicted molar refractivity (Wildman–Crippen MR) is 75.0 cm³/mol. The zero-order valence-electron chi connectivity index (χ0n) is 11.1. The summed E-state index contributed by atoms with van der Waals surface area (Å²) in [5, 5.41) is 8.81. The third-order valence-electron chi connectivity index (χ3n) is 3.04. The van der Waals surface area contributed by atoms with Crippen LogP contribution in [-0.4, -0.2) is 30.0 Å². The molecule has 18 heavy (non-hydrogen) atoms. The van der Waals surface area contributed by atoms with Gasteiger partial charge in [0.05, 0.1) is 5.56 Å². The number of nitrogens with zero attached hydrogens (tertiary/aromatic N) is 2. The topological polar surface area (TPSA) is 27.0 Å². The molecule has 98 valence electrons. The fourth-order valence-corrected chi connectivity index (χ4v) is 2.80. The predicted octanol–water partition coefficient (Wildman–Crippen LogP) is 3.27. The van der Waals surface area contributed by atoms with E-state index in [0.29, 0.717) is 6.04 Å². The van der Waals surface area contributed by atoms with Crippen molar-refractivity contribution in [1.29, 1.82) is 5.26 Å². The largest absolute Gasteiger partial charge is 0.298 e. The minimum Gasteiger partial charge on any atom is -0.298 e. The highest BCUT2D eigenvalue weighted by atomic mass is 32.2. The van der Waals surface area contributed by atoms with E-state index in [1.165, 1.54) is 6.07 Å². The number of thioether (sulfide) groups is 1. The average Bonchev–Trinajstić information content (AvgIpc) is 2.38. The quantitative estimate of drug-likeness (QED) is 0.790. The zero-order valence-corrected chi connectivity index (χ0v) is 11.9. The first-order valence-electron chi connectivity index (χ1n) is 6.00. The minimum atomic E-state index is -0.444. The van der Waals surface area contributed by atoms with E-state index in [4.69, 9.17) is 5.26 Å². The van der Waals surface area contributed by atoms with E-state index in [-0.39, 0.29) is 5.56 Å². The maximum atomic E-state index is 13.2. The van der Waals surface area contributed by atoms with E-state index in [2.05, 4.69) is 25.1 Å². The van der Waals surface area contributed by atoms with Crippen molar-refractivity contribution in [2.45, 2.75) is 25.9 Å². The highest BCUT2D eigenvalue weighted by Gasteiger charge is 2.13. The van der Waals surface area contributed by atoms with E-state index in [1.807, 2.05) is 17.8 Å². The fraction of sp³-hybridized carbons (Fsp3) is 0.500. The summed E-state index contributed by atoms with van der Waals surface area (Å²) in [5.74, 6) is 0.638. The molecule has 0 radical (unpaired) electrons. The Bertz CT molecular complexity index is 428. The highest BCUT2D eigenvalue weighted by Crippen LogP contribution is 2.15. The molecule has 1 aromatic carbocycles. The van der Waals surface area contributed by atoms with Crippen LogP contribution in [0.2, 0.25) is 0 Å². The molecule has 0 aliphatic carbocycles. The average molecular weight is 266 g/mol. The molecule has 0 amide bonds. The first kappa shape index (κ1) is 15.0. The summed E-state index contributed by atoms with van der Waals surface area (Å²) in [6, 6.07) is 7.15. The van der Waals surface area contributed by atoms with Crippen molar-refractivity contribution in [3.63, 3.8) is 0 Å². The first-order chi connectivity index (χ1) is 8.62. The summed E-state index contributed by atoms with van der Waals surface area (Å²) in [4.78, 5) is 2.25. The number of hydrogen-bond acceptors (Lipinski definition) is 3. The van der Waals surface area contributed by atoms with Gasteiger partial charge in [-0.05, 0) is 37.4 Å². The van der Waals surface area contributed by atoms with Crippen molar-refractivity contribution in [2.75, 3.05) is 19.1 Å². The molecule has 0 heterocycles. The van der Waals surface area contributed by atoms with Crippen molar-refractivity contribution in [3.8, 4) is 6.07 Å². The first-order valence-corrected chi connectivity index (χ1v) is 7.39. The Hall–Kier alpha value is -1.05. The standard InChI is InChI=1S/C14H19FN2S/c1-4-13(10-18-3)17(2)9-11-5-6-14(15)12(7-11)8-16/h5-7,13H,4,9-10H2,1-3H3. The van der Waals surface area contributed by atoms with Crippen LogP contribution in [0.15, 0.2) is 18.2 Å². The maximum absolute atomic E-state index is 13.2. The molecule has 0 aliphatic rings.